The Kier molecular flexibility index (Phi) is 8.71. The van der Waals surface area contributed by atoms with E-state index in [9.17, 15) is 4.79 Å². The van der Waals surface area contributed by atoms with Crippen LogP contribution in [0.2, 0.25) is 0 Å². The number of likely N-dealkylation sites (tertiary alicyclic amines) is 1. The lowest BCUT2D eigenvalue weighted by Gasteiger charge is -2.31. The highest BCUT2D eigenvalue weighted by atomic mass is 35.5. The minimum absolute atomic E-state index is 0. The molecule has 2 N–H and O–H groups in total. The van der Waals surface area contributed by atoms with Crippen LogP contribution >= 0.6 is 12.4 Å². The average molecular weight is 307 g/mol. The van der Waals surface area contributed by atoms with Gasteiger partial charge in [-0.1, -0.05) is 27.7 Å². The molecule has 0 aromatic rings. The first kappa shape index (κ1) is 19.7. The van der Waals surface area contributed by atoms with E-state index in [2.05, 4.69) is 6.92 Å². The predicted molar refractivity (Wildman–Crippen MR) is 85.1 cm³/mol. The van der Waals surface area contributed by atoms with Crippen LogP contribution in [0.1, 0.15) is 53.4 Å². The molecule has 1 saturated heterocycles. The first-order chi connectivity index (χ1) is 8.86. The van der Waals surface area contributed by atoms with Crippen molar-refractivity contribution in [3.63, 3.8) is 0 Å². The van der Waals surface area contributed by atoms with E-state index in [1.165, 1.54) is 0 Å². The van der Waals surface area contributed by atoms with Gasteiger partial charge in [0, 0.05) is 19.7 Å². The van der Waals surface area contributed by atoms with Gasteiger partial charge in [-0.3, -0.25) is 4.79 Å². The zero-order valence-corrected chi connectivity index (χ0v) is 14.2. The Labute approximate surface area is 129 Å². The van der Waals surface area contributed by atoms with Crippen LogP contribution in [0, 0.1) is 5.41 Å². The summed E-state index contributed by atoms with van der Waals surface area (Å²) in [6.07, 6.45) is 4.35. The summed E-state index contributed by atoms with van der Waals surface area (Å²) in [6, 6.07) is -0.416. The number of halogens is 1. The van der Waals surface area contributed by atoms with Crippen molar-refractivity contribution in [3.8, 4) is 0 Å². The maximum atomic E-state index is 12.4. The normalized spacial score (nSPS) is 21.9. The molecule has 0 aliphatic carbocycles. The molecule has 20 heavy (non-hydrogen) atoms. The number of carbonyl (C=O) groups is 1. The molecule has 120 valence electrons. The molecule has 4 nitrogen and oxygen atoms in total. The standard InChI is InChI=1S/C15H30N2O2.ClH/c1-5-11-19-12-7-6-9-17(10-8-12)14(18)13(16)15(2,3)4;/h12-13H,5-11,16H2,1-4H3;1H/t12?,13-;/m1./s1. The van der Waals surface area contributed by atoms with Crippen molar-refractivity contribution in [1.29, 1.82) is 0 Å². The Hall–Kier alpha value is -0.320. The molecule has 0 spiro atoms. The number of ether oxygens (including phenoxy) is 1. The van der Waals surface area contributed by atoms with Crippen LogP contribution in [-0.2, 0) is 9.53 Å². The molecule has 2 atom stereocenters. The summed E-state index contributed by atoms with van der Waals surface area (Å²) in [6.45, 7) is 10.6. The van der Waals surface area contributed by atoms with Crippen LogP contribution in [0.25, 0.3) is 0 Å². The van der Waals surface area contributed by atoms with E-state index < -0.39 is 6.04 Å². The number of hydrogen-bond acceptors (Lipinski definition) is 3. The van der Waals surface area contributed by atoms with Crippen LogP contribution in [0.4, 0.5) is 0 Å². The van der Waals surface area contributed by atoms with Crippen molar-refractivity contribution in [3.05, 3.63) is 0 Å². The molecule has 1 aliphatic rings. The Morgan fingerprint density at radius 3 is 2.55 bits per heavy atom. The summed E-state index contributed by atoms with van der Waals surface area (Å²) in [5.74, 6) is 0.0867. The van der Waals surface area contributed by atoms with E-state index in [4.69, 9.17) is 10.5 Å². The van der Waals surface area contributed by atoms with E-state index in [0.29, 0.717) is 6.10 Å². The van der Waals surface area contributed by atoms with E-state index in [-0.39, 0.29) is 23.7 Å². The van der Waals surface area contributed by atoms with Crippen LogP contribution in [0.15, 0.2) is 0 Å². The fourth-order valence-electron chi connectivity index (χ4n) is 2.30. The molecule has 5 heteroatoms. The number of rotatable bonds is 4. The van der Waals surface area contributed by atoms with Crippen LogP contribution < -0.4 is 5.73 Å². The third-order valence-corrected chi connectivity index (χ3v) is 3.74. The van der Waals surface area contributed by atoms with Gasteiger partial charge in [-0.2, -0.15) is 0 Å². The summed E-state index contributed by atoms with van der Waals surface area (Å²) in [5, 5.41) is 0. The Morgan fingerprint density at radius 2 is 2.00 bits per heavy atom. The third-order valence-electron chi connectivity index (χ3n) is 3.74. The van der Waals surface area contributed by atoms with Gasteiger partial charge in [-0.05, 0) is 31.1 Å². The summed E-state index contributed by atoms with van der Waals surface area (Å²) >= 11 is 0. The fraction of sp³-hybridized carbons (Fsp3) is 0.933. The lowest BCUT2D eigenvalue weighted by Crippen LogP contribution is -2.50. The largest absolute Gasteiger partial charge is 0.378 e. The molecular weight excluding hydrogens is 276 g/mol. The Morgan fingerprint density at radius 1 is 1.35 bits per heavy atom. The highest BCUT2D eigenvalue weighted by Gasteiger charge is 2.32. The maximum absolute atomic E-state index is 12.4. The second kappa shape index (κ2) is 8.85. The average Bonchev–Trinajstić information content (AvgIpc) is 2.58. The minimum atomic E-state index is -0.416. The predicted octanol–water partition coefficient (Wildman–Crippen LogP) is 2.59. The van der Waals surface area contributed by atoms with Crippen molar-refractivity contribution in [2.75, 3.05) is 19.7 Å². The Bertz CT molecular complexity index is 292. The van der Waals surface area contributed by atoms with E-state index in [0.717, 1.165) is 45.4 Å². The molecule has 0 aromatic carbocycles. The van der Waals surface area contributed by atoms with Gasteiger partial charge in [0.05, 0.1) is 12.1 Å². The van der Waals surface area contributed by atoms with Crippen molar-refractivity contribution in [2.24, 2.45) is 11.1 Å². The van der Waals surface area contributed by atoms with Gasteiger partial charge in [-0.15, -0.1) is 12.4 Å². The molecule has 0 bridgehead atoms. The van der Waals surface area contributed by atoms with Crippen LogP contribution in [-0.4, -0.2) is 42.6 Å². The quantitative estimate of drug-likeness (QED) is 0.868. The highest BCUT2D eigenvalue weighted by molar-refractivity contribution is 5.85. The summed E-state index contributed by atoms with van der Waals surface area (Å²) in [4.78, 5) is 14.3. The maximum Gasteiger partial charge on any atom is 0.240 e. The Balaban J connectivity index is 0.00000361. The number of hydrogen-bond donors (Lipinski definition) is 1. The highest BCUT2D eigenvalue weighted by Crippen LogP contribution is 2.21. The van der Waals surface area contributed by atoms with E-state index in [1.807, 2.05) is 25.7 Å². The zero-order valence-electron chi connectivity index (χ0n) is 13.4. The van der Waals surface area contributed by atoms with Gasteiger partial charge in [-0.25, -0.2) is 0 Å². The smallest absolute Gasteiger partial charge is 0.240 e. The third kappa shape index (κ3) is 5.98. The number of nitrogens with zero attached hydrogens (tertiary/aromatic N) is 1. The molecule has 1 unspecified atom stereocenters. The summed E-state index contributed by atoms with van der Waals surface area (Å²) in [7, 11) is 0. The summed E-state index contributed by atoms with van der Waals surface area (Å²) in [5.41, 5.74) is 5.89. The molecule has 0 aromatic heterocycles. The monoisotopic (exact) mass is 306 g/mol. The number of nitrogens with two attached hydrogens (primary N) is 1. The van der Waals surface area contributed by atoms with Gasteiger partial charge < -0.3 is 15.4 Å². The first-order valence-corrected chi connectivity index (χ1v) is 7.52. The van der Waals surface area contributed by atoms with Crippen molar-refractivity contribution in [1.82, 2.24) is 4.90 Å². The number of amides is 1. The van der Waals surface area contributed by atoms with Gasteiger partial charge in [0.2, 0.25) is 5.91 Å². The van der Waals surface area contributed by atoms with Crippen molar-refractivity contribution >= 4 is 18.3 Å². The summed E-state index contributed by atoms with van der Waals surface area (Å²) < 4.78 is 5.80. The van der Waals surface area contributed by atoms with Gasteiger partial charge in [0.15, 0.2) is 0 Å². The molecule has 1 fully saturated rings. The van der Waals surface area contributed by atoms with Crippen LogP contribution in [0.3, 0.4) is 0 Å². The second-order valence-corrected chi connectivity index (χ2v) is 6.59. The molecule has 0 radical (unpaired) electrons. The molecule has 1 amide bonds. The number of carbonyl (C=O) groups excluding carboxylic acids is 1. The van der Waals surface area contributed by atoms with E-state index >= 15 is 0 Å². The molecule has 0 saturated carbocycles. The van der Waals surface area contributed by atoms with Crippen molar-refractivity contribution in [2.45, 2.75) is 65.5 Å². The molecule has 1 heterocycles. The van der Waals surface area contributed by atoms with E-state index in [1.54, 1.807) is 0 Å². The SMILES string of the molecule is CCCOC1CCCN(C(=O)[C@@H](N)C(C)(C)C)CC1.Cl. The second-order valence-electron chi connectivity index (χ2n) is 6.59. The molecular formula is C15H31ClN2O2. The molecule has 1 rings (SSSR count). The van der Waals surface area contributed by atoms with Gasteiger partial charge in [0.1, 0.15) is 0 Å². The zero-order chi connectivity index (χ0) is 14.5. The lowest BCUT2D eigenvalue weighted by atomic mass is 9.86. The van der Waals surface area contributed by atoms with Gasteiger partial charge in [0.25, 0.3) is 0 Å². The van der Waals surface area contributed by atoms with Gasteiger partial charge >= 0.3 is 0 Å². The lowest BCUT2D eigenvalue weighted by molar-refractivity contribution is -0.135. The topological polar surface area (TPSA) is 55.6 Å². The van der Waals surface area contributed by atoms with Crippen molar-refractivity contribution < 1.29 is 9.53 Å². The molecule has 1 aliphatic heterocycles. The fourth-order valence-corrected chi connectivity index (χ4v) is 2.30. The minimum Gasteiger partial charge on any atom is -0.378 e. The first-order valence-electron chi connectivity index (χ1n) is 7.52. The van der Waals surface area contributed by atoms with Crippen LogP contribution in [0.5, 0.6) is 0 Å².